The van der Waals surface area contributed by atoms with E-state index in [2.05, 4.69) is 0 Å². The van der Waals surface area contributed by atoms with Crippen LogP contribution in [0.1, 0.15) is 37.8 Å². The van der Waals surface area contributed by atoms with E-state index >= 15 is 0 Å². The molecule has 2 aromatic carbocycles. The van der Waals surface area contributed by atoms with E-state index in [4.69, 9.17) is 0 Å². The van der Waals surface area contributed by atoms with Crippen LogP contribution in [0.3, 0.4) is 0 Å². The van der Waals surface area contributed by atoms with E-state index in [0.717, 1.165) is 4.57 Å². The summed E-state index contributed by atoms with van der Waals surface area (Å²) in [4.78, 5) is 54.0. The van der Waals surface area contributed by atoms with E-state index in [9.17, 15) is 28.7 Å². The van der Waals surface area contributed by atoms with Crippen molar-refractivity contribution >= 4 is 11.6 Å². The minimum atomic E-state index is -1.23. The average molecular weight is 502 g/mol. The summed E-state index contributed by atoms with van der Waals surface area (Å²) in [5.74, 6) is -3.36. The summed E-state index contributed by atoms with van der Waals surface area (Å²) in [6.45, 7) is 3.40. The number of phenolic OH excluding ortho intramolecular Hbond substituents is 1. The van der Waals surface area contributed by atoms with Gasteiger partial charge in [-0.25, -0.2) is 27.9 Å². The molecule has 1 N–H and O–H groups in total. The Labute approximate surface area is 210 Å². The van der Waals surface area contributed by atoms with E-state index in [1.165, 1.54) is 27.6 Å². The number of allylic oxidation sites excluding steroid dienone is 4. The van der Waals surface area contributed by atoms with Gasteiger partial charge in [0.25, 0.3) is 0 Å². The van der Waals surface area contributed by atoms with Crippen LogP contribution in [0.4, 0.5) is 4.39 Å². The van der Waals surface area contributed by atoms with Crippen molar-refractivity contribution in [1.29, 1.82) is 0 Å². The molecule has 3 aliphatic rings. The summed E-state index contributed by atoms with van der Waals surface area (Å²) < 4.78 is 18.4. The Morgan fingerprint density at radius 1 is 1.03 bits per heavy atom. The number of carbonyl (C=O) groups is 2. The number of nitrogens with zero attached hydrogens (tertiary/aromatic N) is 3. The van der Waals surface area contributed by atoms with Gasteiger partial charge in [0.15, 0.2) is 23.1 Å². The Morgan fingerprint density at radius 2 is 1.76 bits per heavy atom. The zero-order chi connectivity index (χ0) is 26.2. The first-order valence-electron chi connectivity index (χ1n) is 12.1. The van der Waals surface area contributed by atoms with Crippen LogP contribution < -0.4 is 11.4 Å². The number of benzene rings is 2. The molecule has 37 heavy (non-hydrogen) atoms. The molecular formula is C28H24FN3O5. The molecule has 2 aliphatic carbocycles. The van der Waals surface area contributed by atoms with Gasteiger partial charge >= 0.3 is 11.4 Å². The van der Waals surface area contributed by atoms with E-state index in [1.807, 2.05) is 6.08 Å². The third-order valence-corrected chi connectivity index (χ3v) is 8.22. The van der Waals surface area contributed by atoms with Crippen molar-refractivity contribution in [3.8, 4) is 11.4 Å². The Morgan fingerprint density at radius 3 is 2.46 bits per heavy atom. The maximum absolute atomic E-state index is 14.6. The van der Waals surface area contributed by atoms with Crippen LogP contribution in [-0.4, -0.2) is 30.6 Å². The minimum Gasteiger partial charge on any atom is -0.505 e. The van der Waals surface area contributed by atoms with Crippen LogP contribution >= 0.6 is 0 Å². The first-order chi connectivity index (χ1) is 17.6. The quantitative estimate of drug-likeness (QED) is 0.544. The maximum atomic E-state index is 14.6. The van der Waals surface area contributed by atoms with Gasteiger partial charge in [-0.05, 0) is 60.4 Å². The van der Waals surface area contributed by atoms with Crippen molar-refractivity contribution in [1.82, 2.24) is 13.9 Å². The van der Waals surface area contributed by atoms with Crippen molar-refractivity contribution in [3.05, 3.63) is 104 Å². The second-order valence-corrected chi connectivity index (χ2v) is 10.2. The normalized spacial score (nSPS) is 26.6. The highest BCUT2D eigenvalue weighted by Gasteiger charge is 2.59. The highest BCUT2D eigenvalue weighted by molar-refractivity contribution is 6.13. The lowest BCUT2D eigenvalue weighted by atomic mass is 9.51. The fourth-order valence-electron chi connectivity index (χ4n) is 6.54. The molecule has 8 nitrogen and oxygen atoms in total. The number of carbonyl (C=O) groups excluding carboxylic acids is 2. The predicted molar refractivity (Wildman–Crippen MR) is 132 cm³/mol. The van der Waals surface area contributed by atoms with Crippen molar-refractivity contribution in [3.63, 3.8) is 0 Å². The molecule has 1 aromatic heterocycles. The summed E-state index contributed by atoms with van der Waals surface area (Å²) in [6.07, 6.45) is 3.29. The van der Waals surface area contributed by atoms with Crippen LogP contribution in [0.5, 0.6) is 5.75 Å². The Hall–Kier alpha value is -4.27. The monoisotopic (exact) mass is 501 g/mol. The zero-order valence-corrected chi connectivity index (χ0v) is 20.2. The molecule has 188 valence electrons. The van der Waals surface area contributed by atoms with Gasteiger partial charge in [-0.3, -0.25) is 9.59 Å². The number of para-hydroxylation sites is 1. The zero-order valence-electron chi connectivity index (χ0n) is 20.2. The number of Topliss-reactive ketones (excluding diaryl/α,β-unsaturated/α-hetero) is 1. The molecule has 0 amide bonds. The van der Waals surface area contributed by atoms with Crippen LogP contribution in [0.25, 0.3) is 5.69 Å². The Kier molecular flexibility index (Phi) is 4.92. The van der Waals surface area contributed by atoms with Gasteiger partial charge in [0.1, 0.15) is 0 Å². The van der Waals surface area contributed by atoms with Crippen molar-refractivity contribution in [2.24, 2.45) is 11.3 Å². The van der Waals surface area contributed by atoms with E-state index in [0.29, 0.717) is 22.4 Å². The molecule has 0 radical (unpaired) electrons. The second-order valence-electron chi connectivity index (χ2n) is 10.2. The topological polar surface area (TPSA) is 103 Å². The largest absolute Gasteiger partial charge is 0.505 e. The lowest BCUT2D eigenvalue weighted by molar-refractivity contribution is -0.139. The molecule has 0 saturated heterocycles. The van der Waals surface area contributed by atoms with Gasteiger partial charge < -0.3 is 5.11 Å². The molecule has 6 rings (SSSR count). The summed E-state index contributed by atoms with van der Waals surface area (Å²) in [6, 6.07) is 11.8. The molecule has 4 atom stereocenters. The number of hydrogen-bond donors (Lipinski definition) is 1. The highest BCUT2D eigenvalue weighted by atomic mass is 19.1. The lowest BCUT2D eigenvalue weighted by Crippen LogP contribution is -2.54. The summed E-state index contributed by atoms with van der Waals surface area (Å²) in [5, 5.41) is 9.81. The van der Waals surface area contributed by atoms with Crippen LogP contribution in [0.15, 0.2) is 81.4 Å². The number of fused-ring (bicyclic) bond motifs is 4. The summed E-state index contributed by atoms with van der Waals surface area (Å²) in [5.41, 5.74) is -0.439. The molecule has 1 aliphatic heterocycles. The van der Waals surface area contributed by atoms with Crippen molar-refractivity contribution in [2.45, 2.75) is 38.8 Å². The van der Waals surface area contributed by atoms with Crippen LogP contribution in [0.2, 0.25) is 0 Å². The number of aromatic hydroxyl groups is 1. The van der Waals surface area contributed by atoms with Gasteiger partial charge in [0.2, 0.25) is 0 Å². The SMILES string of the molecule is CC1=CC(=O)[C@@H]2C[C@@H]3C(=CCn4c(=O)n(-c5ccccc5)c(=O)n43)[C@H](c3ccc(O)c(F)c3)[C@]2(C)C1=O. The number of rotatable bonds is 2. The van der Waals surface area contributed by atoms with Gasteiger partial charge in [0, 0.05) is 11.8 Å². The van der Waals surface area contributed by atoms with E-state index in [-0.39, 0.29) is 24.5 Å². The van der Waals surface area contributed by atoms with Gasteiger partial charge in [-0.2, -0.15) is 0 Å². The van der Waals surface area contributed by atoms with Gasteiger partial charge in [-0.1, -0.05) is 37.3 Å². The van der Waals surface area contributed by atoms with E-state index in [1.54, 1.807) is 50.2 Å². The molecule has 2 heterocycles. The molecule has 3 aromatic rings. The van der Waals surface area contributed by atoms with Crippen LogP contribution in [0, 0.1) is 17.2 Å². The first-order valence-corrected chi connectivity index (χ1v) is 12.1. The molecular weight excluding hydrogens is 477 g/mol. The molecule has 9 heteroatoms. The van der Waals surface area contributed by atoms with Gasteiger partial charge in [-0.15, -0.1) is 0 Å². The molecule has 0 unspecified atom stereocenters. The predicted octanol–water partition coefficient (Wildman–Crippen LogP) is 3.03. The summed E-state index contributed by atoms with van der Waals surface area (Å²) in [7, 11) is 0. The molecule has 0 spiro atoms. The van der Waals surface area contributed by atoms with Gasteiger partial charge in [0.05, 0.1) is 23.7 Å². The van der Waals surface area contributed by atoms with Crippen LogP contribution in [-0.2, 0) is 16.1 Å². The number of halogens is 1. The van der Waals surface area contributed by atoms with Crippen molar-refractivity contribution < 1.29 is 19.1 Å². The maximum Gasteiger partial charge on any atom is 0.352 e. The van der Waals surface area contributed by atoms with E-state index < -0.39 is 46.2 Å². The molecule has 0 bridgehead atoms. The second kappa shape index (κ2) is 7.86. The first kappa shape index (κ1) is 23.1. The fourth-order valence-corrected chi connectivity index (χ4v) is 6.54. The third-order valence-electron chi connectivity index (χ3n) is 8.22. The smallest absolute Gasteiger partial charge is 0.352 e. The average Bonchev–Trinajstić information content (AvgIpc) is 3.14. The number of phenols is 1. The standard InChI is InChI=1S/C28H24FN3O5/c1-15-12-23(34)19-14-21-18(24(28(19,2)25(15)35)16-8-9-22(33)20(29)13-16)10-11-30-26(36)31(27(37)32(21)30)17-6-4-3-5-7-17/h3-10,12-13,19,21,24,33H,11,14H2,1-2H3/t19-,21+,24-,28+/m0/s1. The lowest BCUT2D eigenvalue weighted by Gasteiger charge is -2.52. The molecule has 1 saturated carbocycles. The van der Waals surface area contributed by atoms with Crippen molar-refractivity contribution in [2.75, 3.05) is 0 Å². The fraction of sp³-hybridized carbons (Fsp3) is 0.286. The Bertz CT molecular complexity index is 1680. The number of aromatic nitrogens is 3. The number of ketones is 2. The number of hydrogen-bond acceptors (Lipinski definition) is 5. The highest BCUT2D eigenvalue weighted by Crippen LogP contribution is 2.59. The minimum absolute atomic E-state index is 0.0779. The molecule has 1 fully saturated rings. The summed E-state index contributed by atoms with van der Waals surface area (Å²) >= 11 is 0. The third kappa shape index (κ3) is 3.06. The Balaban J connectivity index is 1.60.